The van der Waals surface area contributed by atoms with Gasteiger partial charge in [-0.05, 0) is 19.1 Å². The van der Waals surface area contributed by atoms with Crippen molar-refractivity contribution < 1.29 is 13.9 Å². The molecule has 0 aliphatic rings. The maximum Gasteiger partial charge on any atom is 0.373 e. The number of ether oxygens (including phenoxy) is 1. The zero-order valence-electron chi connectivity index (χ0n) is 10.2. The molecule has 0 radical (unpaired) electrons. The average Bonchev–Trinajstić information content (AvgIpc) is 2.98. The Hall–Kier alpha value is -1.66. The van der Waals surface area contributed by atoms with E-state index in [9.17, 15) is 4.79 Å². The molecular formula is C12H14N2O3S. The van der Waals surface area contributed by atoms with E-state index < -0.39 is 5.97 Å². The minimum absolute atomic E-state index is 0.225. The lowest BCUT2D eigenvalue weighted by atomic mass is 10.4. The van der Waals surface area contributed by atoms with Gasteiger partial charge in [-0.1, -0.05) is 0 Å². The van der Waals surface area contributed by atoms with Crippen molar-refractivity contribution in [1.29, 1.82) is 0 Å². The third kappa shape index (κ3) is 3.18. The summed E-state index contributed by atoms with van der Waals surface area (Å²) in [6, 6.07) is 3.37. The number of furan rings is 1. The first-order valence-electron chi connectivity index (χ1n) is 5.48. The van der Waals surface area contributed by atoms with Gasteiger partial charge in [-0.15, -0.1) is 11.3 Å². The maximum absolute atomic E-state index is 11.2. The molecule has 96 valence electrons. The van der Waals surface area contributed by atoms with Crippen molar-refractivity contribution in [3.05, 3.63) is 39.7 Å². The van der Waals surface area contributed by atoms with Gasteiger partial charge in [0.15, 0.2) is 0 Å². The summed E-state index contributed by atoms with van der Waals surface area (Å²) in [6.07, 6.45) is 1.86. The summed E-state index contributed by atoms with van der Waals surface area (Å²) in [7, 11) is 1.33. The molecule has 0 unspecified atom stereocenters. The summed E-state index contributed by atoms with van der Waals surface area (Å²) in [6.45, 7) is 3.27. The number of hydrogen-bond acceptors (Lipinski definition) is 6. The van der Waals surface area contributed by atoms with Crippen molar-refractivity contribution in [3.63, 3.8) is 0 Å². The monoisotopic (exact) mass is 266 g/mol. The van der Waals surface area contributed by atoms with Crippen LogP contribution in [0.15, 0.2) is 22.7 Å². The van der Waals surface area contributed by atoms with Crippen LogP contribution in [-0.2, 0) is 17.8 Å². The van der Waals surface area contributed by atoms with Crippen LogP contribution in [0.4, 0.5) is 0 Å². The molecule has 2 rings (SSSR count). The highest BCUT2D eigenvalue weighted by Gasteiger charge is 2.10. The van der Waals surface area contributed by atoms with Crippen molar-refractivity contribution in [2.45, 2.75) is 20.0 Å². The normalized spacial score (nSPS) is 10.6. The quantitative estimate of drug-likeness (QED) is 0.840. The van der Waals surface area contributed by atoms with Crippen molar-refractivity contribution in [3.8, 4) is 0 Å². The standard InChI is InChI=1S/C12H14N2O3S/c1-8-14-7-10(18-8)6-13-5-9-3-4-11(17-9)12(15)16-2/h3-4,7,13H,5-6H2,1-2H3. The van der Waals surface area contributed by atoms with Crippen LogP contribution in [0.1, 0.15) is 26.2 Å². The molecule has 0 spiro atoms. The van der Waals surface area contributed by atoms with Crippen LogP contribution in [0, 0.1) is 6.92 Å². The number of aryl methyl sites for hydroxylation is 1. The smallest absolute Gasteiger partial charge is 0.373 e. The molecule has 0 fully saturated rings. The molecule has 5 nitrogen and oxygen atoms in total. The van der Waals surface area contributed by atoms with Crippen molar-refractivity contribution in [1.82, 2.24) is 10.3 Å². The zero-order valence-corrected chi connectivity index (χ0v) is 11.0. The van der Waals surface area contributed by atoms with Gasteiger partial charge in [-0.3, -0.25) is 0 Å². The first-order valence-corrected chi connectivity index (χ1v) is 6.29. The van der Waals surface area contributed by atoms with Crippen molar-refractivity contribution in [2.24, 2.45) is 0 Å². The number of thiazole rings is 1. The predicted molar refractivity (Wildman–Crippen MR) is 67.4 cm³/mol. The SMILES string of the molecule is COC(=O)c1ccc(CNCc2cnc(C)s2)o1. The predicted octanol–water partition coefficient (Wildman–Crippen LogP) is 2.12. The van der Waals surface area contributed by atoms with Crippen LogP contribution >= 0.6 is 11.3 Å². The number of nitrogens with zero attached hydrogens (tertiary/aromatic N) is 1. The molecule has 18 heavy (non-hydrogen) atoms. The van der Waals surface area contributed by atoms with Crippen LogP contribution < -0.4 is 5.32 Å². The summed E-state index contributed by atoms with van der Waals surface area (Å²) >= 11 is 1.66. The number of rotatable bonds is 5. The van der Waals surface area contributed by atoms with E-state index in [-0.39, 0.29) is 5.76 Å². The summed E-state index contributed by atoms with van der Waals surface area (Å²) < 4.78 is 9.90. The fraction of sp³-hybridized carbons (Fsp3) is 0.333. The van der Waals surface area contributed by atoms with E-state index in [2.05, 4.69) is 15.0 Å². The van der Waals surface area contributed by atoms with Gasteiger partial charge in [0.2, 0.25) is 5.76 Å². The van der Waals surface area contributed by atoms with Gasteiger partial charge < -0.3 is 14.5 Å². The van der Waals surface area contributed by atoms with Gasteiger partial charge in [0, 0.05) is 17.6 Å². The topological polar surface area (TPSA) is 64.4 Å². The van der Waals surface area contributed by atoms with Crippen LogP contribution in [-0.4, -0.2) is 18.1 Å². The Kier molecular flexibility index (Phi) is 4.11. The van der Waals surface area contributed by atoms with E-state index in [1.165, 1.54) is 12.0 Å². The summed E-state index contributed by atoms with van der Waals surface area (Å²) in [5, 5.41) is 4.28. The second kappa shape index (κ2) is 5.79. The summed E-state index contributed by atoms with van der Waals surface area (Å²) in [5.74, 6) is 0.471. The van der Waals surface area contributed by atoms with Gasteiger partial charge in [0.1, 0.15) is 5.76 Å². The van der Waals surface area contributed by atoms with Gasteiger partial charge in [0.05, 0.1) is 18.7 Å². The number of carbonyl (C=O) groups excluding carboxylic acids is 1. The average molecular weight is 266 g/mol. The summed E-state index contributed by atoms with van der Waals surface area (Å²) in [4.78, 5) is 16.5. The van der Waals surface area contributed by atoms with Crippen LogP contribution in [0.5, 0.6) is 0 Å². The molecule has 0 aliphatic heterocycles. The first kappa shape index (κ1) is 12.8. The number of esters is 1. The highest BCUT2D eigenvalue weighted by Crippen LogP contribution is 2.12. The summed E-state index contributed by atoms with van der Waals surface area (Å²) in [5.41, 5.74) is 0. The Morgan fingerprint density at radius 1 is 1.50 bits per heavy atom. The number of aromatic nitrogens is 1. The Labute approximate surface area is 109 Å². The molecule has 2 aromatic heterocycles. The van der Waals surface area contributed by atoms with Gasteiger partial charge in [-0.25, -0.2) is 9.78 Å². The Morgan fingerprint density at radius 3 is 3.00 bits per heavy atom. The fourth-order valence-corrected chi connectivity index (χ4v) is 2.24. The van der Waals surface area contributed by atoms with E-state index in [4.69, 9.17) is 4.42 Å². The highest BCUT2D eigenvalue weighted by molar-refractivity contribution is 7.11. The Morgan fingerprint density at radius 2 is 2.33 bits per heavy atom. The Bertz CT molecular complexity index is 533. The van der Waals surface area contributed by atoms with Crippen LogP contribution in [0.3, 0.4) is 0 Å². The third-order valence-corrected chi connectivity index (χ3v) is 3.23. The highest BCUT2D eigenvalue weighted by atomic mass is 32.1. The number of hydrogen-bond donors (Lipinski definition) is 1. The molecule has 0 aliphatic carbocycles. The number of methoxy groups -OCH3 is 1. The minimum Gasteiger partial charge on any atom is -0.463 e. The van der Waals surface area contributed by atoms with E-state index >= 15 is 0 Å². The molecule has 0 aromatic carbocycles. The van der Waals surface area contributed by atoms with Gasteiger partial charge in [0.25, 0.3) is 0 Å². The minimum atomic E-state index is -0.459. The zero-order chi connectivity index (χ0) is 13.0. The molecule has 6 heteroatoms. The number of carbonyl (C=O) groups is 1. The van der Waals surface area contributed by atoms with Crippen molar-refractivity contribution in [2.75, 3.05) is 7.11 Å². The van der Waals surface area contributed by atoms with Crippen LogP contribution in [0.2, 0.25) is 0 Å². The van der Waals surface area contributed by atoms with E-state index in [0.717, 1.165) is 11.6 Å². The maximum atomic E-state index is 11.2. The number of nitrogens with one attached hydrogen (secondary N) is 1. The van der Waals surface area contributed by atoms with Crippen LogP contribution in [0.25, 0.3) is 0 Å². The molecule has 1 N–H and O–H groups in total. The Balaban J connectivity index is 1.83. The van der Waals surface area contributed by atoms with E-state index in [1.807, 2.05) is 13.1 Å². The van der Waals surface area contributed by atoms with Gasteiger partial charge >= 0.3 is 5.97 Å². The van der Waals surface area contributed by atoms with E-state index in [1.54, 1.807) is 23.5 Å². The molecule has 0 bridgehead atoms. The van der Waals surface area contributed by atoms with Crippen molar-refractivity contribution >= 4 is 17.3 Å². The lowest BCUT2D eigenvalue weighted by Gasteiger charge is -1.99. The lowest BCUT2D eigenvalue weighted by molar-refractivity contribution is 0.0563. The second-order valence-corrected chi connectivity index (χ2v) is 5.03. The molecule has 2 heterocycles. The molecule has 0 amide bonds. The first-order chi connectivity index (χ1) is 8.69. The van der Waals surface area contributed by atoms with Gasteiger partial charge in [-0.2, -0.15) is 0 Å². The largest absolute Gasteiger partial charge is 0.463 e. The van der Waals surface area contributed by atoms with E-state index in [0.29, 0.717) is 12.3 Å². The lowest BCUT2D eigenvalue weighted by Crippen LogP contribution is -2.11. The molecule has 0 atom stereocenters. The molecule has 2 aromatic rings. The molecular weight excluding hydrogens is 252 g/mol. The fourth-order valence-electron chi connectivity index (χ4n) is 1.48. The second-order valence-electron chi connectivity index (χ2n) is 3.71. The third-order valence-electron chi connectivity index (χ3n) is 2.32. The molecule has 0 saturated carbocycles. The molecule has 0 saturated heterocycles.